The van der Waals surface area contributed by atoms with E-state index in [2.05, 4.69) is 381 Å². The van der Waals surface area contributed by atoms with Gasteiger partial charge in [-0.15, -0.1) is 0 Å². The summed E-state index contributed by atoms with van der Waals surface area (Å²) in [5, 5.41) is 4.87. The van der Waals surface area contributed by atoms with Crippen LogP contribution in [0.15, 0.2) is 358 Å². The summed E-state index contributed by atoms with van der Waals surface area (Å²) >= 11 is 0. The van der Waals surface area contributed by atoms with E-state index >= 15 is 0 Å². The molecule has 104 heavy (non-hydrogen) atoms. The molecule has 0 N–H and O–H groups in total. The molecule has 0 aliphatic heterocycles. The highest BCUT2D eigenvalue weighted by atomic mass is 15.1. The summed E-state index contributed by atoms with van der Waals surface area (Å²) in [6, 6.07) is 133. The molecule has 5 nitrogen and oxygen atoms in total. The van der Waals surface area contributed by atoms with Crippen LogP contribution in [0.25, 0.3) is 111 Å². The molecule has 0 fully saturated rings. The molecule has 5 heteroatoms. The van der Waals surface area contributed by atoms with Crippen LogP contribution in [-0.4, -0.2) is 24.1 Å². The molecule has 0 radical (unpaired) electrons. The SMILES string of the molecule is CC1(C)c2ccccc2-c2cc3c(cc21)-c1ccccc1C3(c1ccc(-n2c3ccccc3c3ccccc32)cc1)c1nc(C2(c3ccc(-c4ccccc4)cc3)c3ccccc3-c3ccccc32)nc(C2(c3ccc(-n4c5ccccc5c5ccccc54)cc3)c3ccccc3-c3ccccc32)n1. The van der Waals surface area contributed by atoms with E-state index in [1.54, 1.807) is 0 Å². The highest BCUT2D eigenvalue weighted by molar-refractivity contribution is 6.10. The van der Waals surface area contributed by atoms with Gasteiger partial charge in [0.05, 0.1) is 22.1 Å². The van der Waals surface area contributed by atoms with Crippen molar-refractivity contribution >= 4 is 43.6 Å². The van der Waals surface area contributed by atoms with Crippen molar-refractivity contribution < 1.29 is 0 Å². The first-order valence-corrected chi connectivity index (χ1v) is 36.2. The van der Waals surface area contributed by atoms with Gasteiger partial charge in [0.2, 0.25) is 0 Å². The summed E-state index contributed by atoms with van der Waals surface area (Å²) in [6.07, 6.45) is 0. The Labute approximate surface area is 603 Å². The Hall–Kier alpha value is -13.1. The molecule has 4 aliphatic rings. The highest BCUT2D eigenvalue weighted by Gasteiger charge is 2.57. The zero-order valence-corrected chi connectivity index (χ0v) is 57.3. The third kappa shape index (κ3) is 7.69. The number of hydrogen-bond acceptors (Lipinski definition) is 3. The molecular formula is C99H65N5. The summed E-state index contributed by atoms with van der Waals surface area (Å²) in [6.45, 7) is 4.79. The van der Waals surface area contributed by atoms with Crippen LogP contribution < -0.4 is 0 Å². The predicted octanol–water partition coefficient (Wildman–Crippen LogP) is 23.1. The van der Waals surface area contributed by atoms with E-state index in [4.69, 9.17) is 15.0 Å². The van der Waals surface area contributed by atoms with Crippen molar-refractivity contribution in [2.75, 3.05) is 0 Å². The lowest BCUT2D eigenvalue weighted by molar-refractivity contribution is 0.581. The molecule has 4 aliphatic carbocycles. The molecule has 22 rings (SSSR count). The second-order valence-electron chi connectivity index (χ2n) is 29.2. The van der Waals surface area contributed by atoms with E-state index < -0.39 is 16.2 Å². The number of rotatable bonds is 9. The van der Waals surface area contributed by atoms with Gasteiger partial charge in [-0.1, -0.05) is 311 Å². The van der Waals surface area contributed by atoms with Crippen LogP contribution in [0.4, 0.5) is 0 Å². The molecular weight excluding hydrogens is 1260 g/mol. The fourth-order valence-corrected chi connectivity index (χ4v) is 19.5. The molecule has 486 valence electrons. The Bertz CT molecular complexity index is 6430. The average molecular weight is 1320 g/mol. The molecule has 3 aromatic heterocycles. The van der Waals surface area contributed by atoms with E-state index in [9.17, 15) is 0 Å². The zero-order chi connectivity index (χ0) is 68.6. The Kier molecular flexibility index (Phi) is 12.3. The van der Waals surface area contributed by atoms with Crippen LogP contribution in [-0.2, 0) is 21.7 Å². The average Bonchev–Trinajstić information content (AvgIpc) is 1.52. The molecule has 15 aromatic carbocycles. The minimum Gasteiger partial charge on any atom is -0.309 e. The largest absolute Gasteiger partial charge is 0.309 e. The monoisotopic (exact) mass is 1320 g/mol. The predicted molar refractivity (Wildman–Crippen MR) is 423 cm³/mol. The van der Waals surface area contributed by atoms with Crippen LogP contribution in [0.3, 0.4) is 0 Å². The lowest BCUT2D eigenvalue weighted by Gasteiger charge is -2.38. The second kappa shape index (κ2) is 21.7. The van der Waals surface area contributed by atoms with Crippen molar-refractivity contribution in [2.45, 2.75) is 35.5 Å². The third-order valence-electron chi connectivity index (χ3n) is 24.0. The van der Waals surface area contributed by atoms with Crippen LogP contribution in [0.5, 0.6) is 0 Å². The van der Waals surface area contributed by atoms with Crippen LogP contribution in [0.1, 0.15) is 92.5 Å². The van der Waals surface area contributed by atoms with Crippen LogP contribution in [0.2, 0.25) is 0 Å². The number of fused-ring (bicyclic) bond motifs is 18. The maximum atomic E-state index is 6.59. The molecule has 18 aromatic rings. The van der Waals surface area contributed by atoms with Gasteiger partial charge in [-0.25, -0.2) is 15.0 Å². The van der Waals surface area contributed by atoms with Crippen molar-refractivity contribution in [2.24, 2.45) is 0 Å². The van der Waals surface area contributed by atoms with Crippen molar-refractivity contribution in [3.63, 3.8) is 0 Å². The zero-order valence-electron chi connectivity index (χ0n) is 57.3. The number of hydrogen-bond donors (Lipinski definition) is 0. The van der Waals surface area contributed by atoms with Crippen molar-refractivity contribution in [3.8, 4) is 67.0 Å². The van der Waals surface area contributed by atoms with Crippen molar-refractivity contribution in [3.05, 3.63) is 437 Å². The summed E-state index contributed by atoms with van der Waals surface area (Å²) in [5.41, 5.74) is 27.2. The molecule has 0 bridgehead atoms. The molecule has 3 heterocycles. The number of nitrogens with zero attached hydrogens (tertiary/aromatic N) is 5. The maximum absolute atomic E-state index is 6.59. The smallest absolute Gasteiger partial charge is 0.152 e. The number of aromatic nitrogens is 5. The van der Waals surface area contributed by atoms with Gasteiger partial charge in [0.15, 0.2) is 17.5 Å². The first-order chi connectivity index (χ1) is 51.3. The van der Waals surface area contributed by atoms with Gasteiger partial charge >= 0.3 is 0 Å². The lowest BCUT2D eigenvalue weighted by Crippen LogP contribution is -2.40. The quantitative estimate of drug-likeness (QED) is 0.145. The fraction of sp³-hybridized carbons (Fsp3) is 0.0606. The van der Waals surface area contributed by atoms with Crippen LogP contribution in [0, 0.1) is 0 Å². The molecule has 1 atom stereocenters. The van der Waals surface area contributed by atoms with E-state index in [1.807, 2.05) is 0 Å². The summed E-state index contributed by atoms with van der Waals surface area (Å²) in [7, 11) is 0. The lowest BCUT2D eigenvalue weighted by atomic mass is 9.68. The molecule has 0 amide bonds. The normalized spacial score (nSPS) is 15.7. The van der Waals surface area contributed by atoms with E-state index in [-0.39, 0.29) is 5.41 Å². The Morgan fingerprint density at radius 2 is 0.471 bits per heavy atom. The molecule has 1 unspecified atom stereocenters. The highest BCUT2D eigenvalue weighted by Crippen LogP contribution is 2.63. The molecule has 0 spiro atoms. The summed E-state index contributed by atoms with van der Waals surface area (Å²) in [4.78, 5) is 19.7. The van der Waals surface area contributed by atoms with Crippen LogP contribution >= 0.6 is 0 Å². The number of para-hydroxylation sites is 4. The Morgan fingerprint density at radius 3 is 0.846 bits per heavy atom. The van der Waals surface area contributed by atoms with E-state index in [0.29, 0.717) is 17.5 Å². The Morgan fingerprint density at radius 1 is 0.212 bits per heavy atom. The van der Waals surface area contributed by atoms with Crippen molar-refractivity contribution in [1.29, 1.82) is 0 Å². The Balaban J connectivity index is 0.903. The molecule has 0 saturated heterocycles. The first kappa shape index (κ1) is 58.7. The van der Waals surface area contributed by atoms with Gasteiger partial charge in [0.25, 0.3) is 0 Å². The summed E-state index contributed by atoms with van der Waals surface area (Å²) in [5.74, 6) is 1.93. The number of benzene rings is 15. The topological polar surface area (TPSA) is 48.5 Å². The minimum atomic E-state index is -1.18. The van der Waals surface area contributed by atoms with Gasteiger partial charge in [0.1, 0.15) is 16.2 Å². The van der Waals surface area contributed by atoms with Crippen molar-refractivity contribution in [1.82, 2.24) is 24.1 Å². The first-order valence-electron chi connectivity index (χ1n) is 36.2. The van der Waals surface area contributed by atoms with Gasteiger partial charge in [0, 0.05) is 38.3 Å². The van der Waals surface area contributed by atoms with Gasteiger partial charge in [-0.3, -0.25) is 0 Å². The van der Waals surface area contributed by atoms with Gasteiger partial charge < -0.3 is 9.13 Å². The second-order valence-corrected chi connectivity index (χ2v) is 29.2. The van der Waals surface area contributed by atoms with Gasteiger partial charge in [-0.2, -0.15) is 0 Å². The fourth-order valence-electron chi connectivity index (χ4n) is 19.5. The standard InChI is InChI=1S/C99H65N5/c1-96(2)81-38-16-6-32-73(81)79-61-88-80(60-87(79)96)74-33-11-21-43-86(74)99(88,66-54-58-68(59-55-66)104-91-46-24-14-36-77(91)78-37-15-25-47-92(78)104)95-101-93(97(64-50-48-63(49-51-64)62-26-4-3-5-27-62)82-39-17-7-28-69(82)70-29-8-18-40-83(70)97)100-94(102-95)98(84-41-19-9-30-71(84)72-31-10-20-42-85(72)98)65-52-56-67(57-53-65)103-89-44-22-12-34-75(89)76-35-13-23-45-90(76)103/h3-61H,1-2H3. The third-order valence-corrected chi connectivity index (χ3v) is 24.0. The van der Waals surface area contributed by atoms with E-state index in [1.165, 1.54) is 49.4 Å². The van der Waals surface area contributed by atoms with Gasteiger partial charge in [-0.05, 0) is 177 Å². The summed E-state index contributed by atoms with van der Waals surface area (Å²) < 4.78 is 4.84. The minimum absolute atomic E-state index is 0.281. The maximum Gasteiger partial charge on any atom is 0.152 e. The molecule has 0 saturated carbocycles. The van der Waals surface area contributed by atoms with E-state index in [0.717, 1.165) is 122 Å².